The second kappa shape index (κ2) is 5.91. The summed E-state index contributed by atoms with van der Waals surface area (Å²) in [5.74, 6) is 0. The first kappa shape index (κ1) is 13.5. The van der Waals surface area contributed by atoms with Gasteiger partial charge in [-0.25, -0.2) is 0 Å². The fourth-order valence-corrected chi connectivity index (χ4v) is 4.58. The molecule has 0 nitrogen and oxygen atoms in total. The van der Waals surface area contributed by atoms with Gasteiger partial charge < -0.3 is 0 Å². The van der Waals surface area contributed by atoms with Gasteiger partial charge in [0.05, 0.1) is 0 Å². The molecule has 0 saturated heterocycles. The van der Waals surface area contributed by atoms with Gasteiger partial charge in [0.1, 0.15) is 0 Å². The minimum absolute atomic E-state index is 1.28. The summed E-state index contributed by atoms with van der Waals surface area (Å²) in [6.07, 6.45) is 0. The van der Waals surface area contributed by atoms with Crippen LogP contribution in [0.25, 0.3) is 31.3 Å². The smallest absolute Gasteiger partial charge is 0.0455 e. The van der Waals surface area contributed by atoms with Crippen molar-refractivity contribution >= 4 is 22.7 Å². The zero-order chi connectivity index (χ0) is 14.8. The molecule has 0 amide bonds. The molecule has 0 aliphatic heterocycles. The van der Waals surface area contributed by atoms with E-state index in [0.717, 1.165) is 0 Å². The van der Waals surface area contributed by atoms with Gasteiger partial charge in [-0.2, -0.15) is 0 Å². The molecule has 106 valence electrons. The van der Waals surface area contributed by atoms with Crippen LogP contribution < -0.4 is 0 Å². The fraction of sp³-hybridized carbons (Fsp3) is 0. The Labute approximate surface area is 138 Å². The second-order valence-corrected chi connectivity index (χ2v) is 7.06. The van der Waals surface area contributed by atoms with Crippen molar-refractivity contribution in [3.05, 3.63) is 84.2 Å². The predicted octanol–water partition coefficient (Wildman–Crippen LogP) is 6.81. The van der Waals surface area contributed by atoms with E-state index in [1.165, 1.54) is 31.3 Å². The Bertz CT molecular complexity index is 800. The lowest BCUT2D eigenvalue weighted by Gasteiger charge is -2.03. The minimum atomic E-state index is 1.28. The maximum Gasteiger partial charge on any atom is 0.0455 e. The van der Waals surface area contributed by atoms with Crippen molar-refractivity contribution in [3.63, 3.8) is 0 Å². The van der Waals surface area contributed by atoms with E-state index in [0.29, 0.717) is 0 Å². The van der Waals surface area contributed by atoms with Crippen LogP contribution in [0.3, 0.4) is 0 Å². The summed E-state index contributed by atoms with van der Waals surface area (Å²) in [5.41, 5.74) is 3.88. The fourth-order valence-electron chi connectivity index (χ4n) is 2.57. The van der Waals surface area contributed by atoms with Gasteiger partial charge in [-0.05, 0) is 28.6 Å². The molecule has 0 bridgehead atoms. The molecule has 0 unspecified atom stereocenters. The number of hydrogen-bond acceptors (Lipinski definition) is 2. The Hall–Kier alpha value is -2.16. The Balaban J connectivity index is 1.92. The van der Waals surface area contributed by atoms with Gasteiger partial charge in [0.25, 0.3) is 0 Å². The highest BCUT2D eigenvalue weighted by Gasteiger charge is 2.14. The first-order valence-corrected chi connectivity index (χ1v) is 8.90. The average molecular weight is 318 g/mol. The van der Waals surface area contributed by atoms with Crippen LogP contribution in [-0.2, 0) is 0 Å². The van der Waals surface area contributed by atoms with Crippen molar-refractivity contribution in [1.82, 2.24) is 0 Å². The van der Waals surface area contributed by atoms with E-state index in [4.69, 9.17) is 0 Å². The van der Waals surface area contributed by atoms with Crippen LogP contribution in [0.15, 0.2) is 84.2 Å². The molecule has 4 rings (SSSR count). The molecule has 2 heteroatoms. The predicted molar refractivity (Wildman–Crippen MR) is 98.5 cm³/mol. The van der Waals surface area contributed by atoms with Gasteiger partial charge in [0, 0.05) is 20.2 Å². The van der Waals surface area contributed by atoms with Gasteiger partial charge in [0.15, 0.2) is 0 Å². The molecule has 0 aliphatic rings. The summed E-state index contributed by atoms with van der Waals surface area (Å²) in [4.78, 5) is 4.02. The van der Waals surface area contributed by atoms with Crippen LogP contribution >= 0.6 is 22.7 Å². The van der Waals surface area contributed by atoms with Crippen molar-refractivity contribution in [2.24, 2.45) is 0 Å². The summed E-state index contributed by atoms with van der Waals surface area (Å²) >= 11 is 3.67. The number of thiophene rings is 2. The zero-order valence-electron chi connectivity index (χ0n) is 11.9. The third-order valence-electron chi connectivity index (χ3n) is 3.62. The highest BCUT2D eigenvalue weighted by Crippen LogP contribution is 2.44. The lowest BCUT2D eigenvalue weighted by atomic mass is 10.0. The summed E-state index contributed by atoms with van der Waals surface area (Å²) in [6, 6.07) is 27.9. The van der Waals surface area contributed by atoms with Crippen LogP contribution in [0.1, 0.15) is 0 Å². The highest BCUT2D eigenvalue weighted by atomic mass is 32.1. The SMILES string of the molecule is c1ccc(-c2cc(-c3cccs3)sc2-c2ccccc2)cc1. The van der Waals surface area contributed by atoms with Crippen LogP contribution in [-0.4, -0.2) is 0 Å². The molecule has 0 spiro atoms. The standard InChI is InChI=1S/C20H14S2/c1-3-8-15(9-4-1)17-14-19(18-12-7-13-21-18)22-20(17)16-10-5-2-6-11-16/h1-14H. The van der Waals surface area contributed by atoms with Crippen LogP contribution in [0.2, 0.25) is 0 Å². The van der Waals surface area contributed by atoms with Crippen LogP contribution in [0, 0.1) is 0 Å². The summed E-state index contributed by atoms with van der Waals surface area (Å²) in [5, 5.41) is 2.14. The number of hydrogen-bond donors (Lipinski definition) is 0. The van der Waals surface area contributed by atoms with Crippen molar-refractivity contribution in [2.75, 3.05) is 0 Å². The molecule has 0 saturated carbocycles. The van der Waals surface area contributed by atoms with E-state index in [9.17, 15) is 0 Å². The first-order chi connectivity index (χ1) is 10.9. The third kappa shape index (κ3) is 2.52. The molecule has 0 fully saturated rings. The minimum Gasteiger partial charge on any atom is -0.143 e. The normalized spacial score (nSPS) is 10.7. The summed E-state index contributed by atoms with van der Waals surface area (Å²) in [6.45, 7) is 0. The molecule has 2 aromatic carbocycles. The largest absolute Gasteiger partial charge is 0.143 e. The molecule has 0 N–H and O–H groups in total. The van der Waals surface area contributed by atoms with Gasteiger partial charge in [0.2, 0.25) is 0 Å². The topological polar surface area (TPSA) is 0 Å². The Kier molecular flexibility index (Phi) is 3.63. The van der Waals surface area contributed by atoms with E-state index >= 15 is 0 Å². The van der Waals surface area contributed by atoms with Gasteiger partial charge in [-0.3, -0.25) is 0 Å². The molecule has 22 heavy (non-hydrogen) atoms. The number of benzene rings is 2. The molecule has 0 radical (unpaired) electrons. The van der Waals surface area contributed by atoms with E-state index in [2.05, 4.69) is 84.2 Å². The summed E-state index contributed by atoms with van der Waals surface area (Å²) in [7, 11) is 0. The van der Waals surface area contributed by atoms with Crippen LogP contribution in [0.5, 0.6) is 0 Å². The van der Waals surface area contributed by atoms with Crippen LogP contribution in [0.4, 0.5) is 0 Å². The van der Waals surface area contributed by atoms with E-state index in [-0.39, 0.29) is 0 Å². The van der Waals surface area contributed by atoms with E-state index in [1.807, 2.05) is 11.3 Å². The highest BCUT2D eigenvalue weighted by molar-refractivity contribution is 7.23. The van der Waals surface area contributed by atoms with Crippen molar-refractivity contribution in [1.29, 1.82) is 0 Å². The Morgan fingerprint density at radius 1 is 0.591 bits per heavy atom. The Morgan fingerprint density at radius 3 is 1.91 bits per heavy atom. The molecule has 4 aromatic rings. The lowest BCUT2D eigenvalue weighted by Crippen LogP contribution is -1.77. The number of rotatable bonds is 3. The van der Waals surface area contributed by atoms with Gasteiger partial charge in [-0.1, -0.05) is 66.7 Å². The maximum absolute atomic E-state index is 2.33. The molecular formula is C20H14S2. The quantitative estimate of drug-likeness (QED) is 0.389. The molecule has 0 atom stereocenters. The van der Waals surface area contributed by atoms with Crippen molar-refractivity contribution in [2.45, 2.75) is 0 Å². The maximum atomic E-state index is 2.33. The zero-order valence-corrected chi connectivity index (χ0v) is 13.5. The average Bonchev–Trinajstić information content (AvgIpc) is 3.26. The van der Waals surface area contributed by atoms with Crippen molar-refractivity contribution < 1.29 is 0 Å². The third-order valence-corrected chi connectivity index (χ3v) is 5.87. The first-order valence-electron chi connectivity index (χ1n) is 7.20. The summed E-state index contributed by atoms with van der Waals surface area (Å²) < 4.78 is 0. The van der Waals surface area contributed by atoms with E-state index < -0.39 is 0 Å². The lowest BCUT2D eigenvalue weighted by molar-refractivity contribution is 1.65. The molecule has 0 aliphatic carbocycles. The Morgan fingerprint density at radius 2 is 1.27 bits per heavy atom. The van der Waals surface area contributed by atoms with E-state index in [1.54, 1.807) is 11.3 Å². The monoisotopic (exact) mass is 318 g/mol. The van der Waals surface area contributed by atoms with Gasteiger partial charge in [-0.15, -0.1) is 22.7 Å². The van der Waals surface area contributed by atoms with Gasteiger partial charge >= 0.3 is 0 Å². The molecular weight excluding hydrogens is 304 g/mol. The van der Waals surface area contributed by atoms with Crippen molar-refractivity contribution in [3.8, 4) is 31.3 Å². The second-order valence-electron chi connectivity index (χ2n) is 5.06. The molecule has 2 aromatic heterocycles. The molecule has 2 heterocycles.